The van der Waals surface area contributed by atoms with Gasteiger partial charge >= 0.3 is 12.1 Å². The number of benzene rings is 4. The maximum Gasteiger partial charge on any atom is 0.416 e. The summed E-state index contributed by atoms with van der Waals surface area (Å²) < 4.78 is 45.9. The van der Waals surface area contributed by atoms with Crippen LogP contribution in [-0.4, -0.2) is 23.8 Å². The number of halogens is 3. The lowest BCUT2D eigenvalue weighted by Gasteiger charge is -2.19. The van der Waals surface area contributed by atoms with E-state index in [0.717, 1.165) is 28.8 Å². The van der Waals surface area contributed by atoms with Crippen LogP contribution >= 0.6 is 0 Å². The number of cyclic esters (lactones) is 1. The van der Waals surface area contributed by atoms with Crippen LogP contribution in [0.2, 0.25) is 0 Å². The van der Waals surface area contributed by atoms with E-state index in [1.807, 2.05) is 42.5 Å². The number of amides is 2. The average molecular weight is 665 g/mol. The molecule has 0 aromatic heterocycles. The molecular weight excluding hydrogens is 629 g/mol. The van der Waals surface area contributed by atoms with Gasteiger partial charge in [-0.2, -0.15) is 13.2 Å². The fourth-order valence-electron chi connectivity index (χ4n) is 5.28. The van der Waals surface area contributed by atoms with E-state index in [0.29, 0.717) is 16.9 Å². The Kier molecular flexibility index (Phi) is 10.0. The molecule has 1 atom stereocenters. The van der Waals surface area contributed by atoms with Gasteiger partial charge in [0.05, 0.1) is 16.8 Å². The van der Waals surface area contributed by atoms with E-state index in [1.54, 1.807) is 30.4 Å². The molecule has 0 bridgehead atoms. The van der Waals surface area contributed by atoms with Gasteiger partial charge in [0.15, 0.2) is 0 Å². The number of rotatable bonds is 8. The number of alkyl halides is 3. The molecule has 1 heterocycles. The Morgan fingerprint density at radius 3 is 2.16 bits per heavy atom. The zero-order valence-electron chi connectivity index (χ0n) is 27.2. The van der Waals surface area contributed by atoms with Crippen molar-refractivity contribution in [2.24, 2.45) is 0 Å². The first-order valence-electron chi connectivity index (χ1n) is 15.6. The second kappa shape index (κ2) is 14.2. The van der Waals surface area contributed by atoms with Gasteiger partial charge < -0.3 is 15.4 Å². The second-order valence-corrected chi connectivity index (χ2v) is 12.6. The molecule has 9 heteroatoms. The minimum absolute atomic E-state index is 0.0438. The molecular formula is C40H35F3N2O4. The Labute approximate surface area is 283 Å². The minimum Gasteiger partial charge on any atom is -0.429 e. The van der Waals surface area contributed by atoms with Gasteiger partial charge in [-0.3, -0.25) is 9.59 Å². The van der Waals surface area contributed by atoms with Crippen molar-refractivity contribution in [3.05, 3.63) is 155 Å². The quantitative estimate of drug-likeness (QED) is 0.145. The SMILES string of the molecule is C=C/C(=C\C=C1\C[C@H](NC(=O)c2cc(-c3cccc(C(F)(F)F)c3)ccc2NC(=O)c2ccc(C(C)(C)C)cc2)C(=O)O1)c1ccccc1. The Balaban J connectivity index is 1.43. The summed E-state index contributed by atoms with van der Waals surface area (Å²) in [6.45, 7) is 10.0. The third-order valence-corrected chi connectivity index (χ3v) is 8.05. The number of hydrogen-bond donors (Lipinski definition) is 2. The maximum atomic E-state index is 13.8. The van der Waals surface area contributed by atoms with Gasteiger partial charge in [-0.1, -0.05) is 100 Å². The van der Waals surface area contributed by atoms with Crippen molar-refractivity contribution >= 4 is 29.0 Å². The summed E-state index contributed by atoms with van der Waals surface area (Å²) in [5.74, 6) is -1.56. The van der Waals surface area contributed by atoms with Crippen LogP contribution in [0.3, 0.4) is 0 Å². The molecule has 49 heavy (non-hydrogen) atoms. The van der Waals surface area contributed by atoms with Gasteiger partial charge in [-0.15, -0.1) is 0 Å². The summed E-state index contributed by atoms with van der Waals surface area (Å²) in [7, 11) is 0. The predicted octanol–water partition coefficient (Wildman–Crippen LogP) is 9.12. The third kappa shape index (κ3) is 8.43. The molecule has 5 rings (SSSR count). The van der Waals surface area contributed by atoms with Crippen LogP contribution in [0.4, 0.5) is 18.9 Å². The van der Waals surface area contributed by atoms with Crippen molar-refractivity contribution in [1.82, 2.24) is 5.32 Å². The summed E-state index contributed by atoms with van der Waals surface area (Å²) in [4.78, 5) is 39.9. The van der Waals surface area contributed by atoms with E-state index in [1.165, 1.54) is 30.3 Å². The Bertz CT molecular complexity index is 1950. The molecule has 0 aliphatic carbocycles. The lowest BCUT2D eigenvalue weighted by Crippen LogP contribution is -2.38. The fraction of sp³-hybridized carbons (Fsp3) is 0.175. The number of carbonyl (C=O) groups is 3. The molecule has 0 saturated carbocycles. The molecule has 0 unspecified atom stereocenters. The van der Waals surface area contributed by atoms with Crippen molar-refractivity contribution in [3.8, 4) is 11.1 Å². The van der Waals surface area contributed by atoms with Crippen molar-refractivity contribution in [3.63, 3.8) is 0 Å². The van der Waals surface area contributed by atoms with Crippen LogP contribution in [0.1, 0.15) is 64.6 Å². The fourth-order valence-corrected chi connectivity index (χ4v) is 5.28. The summed E-state index contributed by atoms with van der Waals surface area (Å²) in [5, 5.41) is 5.43. The predicted molar refractivity (Wildman–Crippen MR) is 185 cm³/mol. The highest BCUT2D eigenvalue weighted by molar-refractivity contribution is 6.10. The standard InChI is InChI=1S/C40H35F3N2O4/c1-5-25(26-10-7-6-8-11-26)16-20-32-24-35(38(48)49-32)45-37(47)33-23-29(28-12-9-13-31(22-28)40(41,42)43)17-21-34(33)44-36(46)27-14-18-30(19-15-27)39(2,3)4/h5-23,35H,1,24H2,2-4H3,(H,44,46)(H,45,47)/b25-16+,32-20-/t35-/m0/s1. The molecule has 1 aliphatic rings. The van der Waals surface area contributed by atoms with Crippen LogP contribution in [0.15, 0.2) is 128 Å². The molecule has 4 aromatic carbocycles. The number of anilines is 1. The van der Waals surface area contributed by atoms with Gasteiger partial charge in [0.1, 0.15) is 11.8 Å². The van der Waals surface area contributed by atoms with Gasteiger partial charge in [-0.25, -0.2) is 4.79 Å². The van der Waals surface area contributed by atoms with Crippen molar-refractivity contribution in [2.75, 3.05) is 5.32 Å². The zero-order chi connectivity index (χ0) is 35.3. The average Bonchev–Trinajstić information content (AvgIpc) is 3.43. The van der Waals surface area contributed by atoms with Crippen LogP contribution in [0.5, 0.6) is 0 Å². The number of hydrogen-bond acceptors (Lipinski definition) is 4. The molecule has 0 spiro atoms. The normalized spacial score (nSPS) is 15.9. The maximum absolute atomic E-state index is 13.8. The van der Waals surface area contributed by atoms with E-state index >= 15 is 0 Å². The highest BCUT2D eigenvalue weighted by Crippen LogP contribution is 2.34. The summed E-state index contributed by atoms with van der Waals surface area (Å²) >= 11 is 0. The summed E-state index contributed by atoms with van der Waals surface area (Å²) in [6.07, 6.45) is 0.571. The Morgan fingerprint density at radius 1 is 0.816 bits per heavy atom. The van der Waals surface area contributed by atoms with Crippen LogP contribution in [0, 0.1) is 0 Å². The molecule has 2 amide bonds. The van der Waals surface area contributed by atoms with E-state index in [-0.39, 0.29) is 28.7 Å². The smallest absolute Gasteiger partial charge is 0.416 e. The Morgan fingerprint density at radius 2 is 1.51 bits per heavy atom. The molecule has 0 radical (unpaired) electrons. The van der Waals surface area contributed by atoms with Crippen LogP contribution in [0.25, 0.3) is 16.7 Å². The van der Waals surface area contributed by atoms with Crippen molar-refractivity contribution < 1.29 is 32.3 Å². The van der Waals surface area contributed by atoms with Crippen molar-refractivity contribution in [2.45, 2.75) is 44.8 Å². The number of nitrogens with one attached hydrogen (secondary N) is 2. The molecule has 250 valence electrons. The second-order valence-electron chi connectivity index (χ2n) is 12.6. The number of esters is 1. The highest BCUT2D eigenvalue weighted by atomic mass is 19.4. The lowest BCUT2D eigenvalue weighted by atomic mass is 9.86. The Hall–Kier alpha value is -5.70. The summed E-state index contributed by atoms with van der Waals surface area (Å²) in [6, 6.07) is 24.6. The van der Waals surface area contributed by atoms with E-state index in [4.69, 9.17) is 4.74 Å². The third-order valence-electron chi connectivity index (χ3n) is 8.05. The van der Waals surface area contributed by atoms with E-state index < -0.39 is 35.6 Å². The first-order chi connectivity index (χ1) is 23.2. The summed E-state index contributed by atoms with van der Waals surface area (Å²) in [5.41, 5.74) is 2.72. The van der Waals surface area contributed by atoms with Crippen LogP contribution in [-0.2, 0) is 21.1 Å². The van der Waals surface area contributed by atoms with E-state index in [9.17, 15) is 27.6 Å². The number of allylic oxidation sites excluding steroid dienone is 4. The van der Waals surface area contributed by atoms with Gasteiger partial charge in [0.2, 0.25) is 0 Å². The van der Waals surface area contributed by atoms with E-state index in [2.05, 4.69) is 38.0 Å². The topological polar surface area (TPSA) is 84.5 Å². The molecule has 1 fully saturated rings. The molecule has 4 aromatic rings. The number of carbonyl (C=O) groups excluding carboxylic acids is 3. The first kappa shape index (κ1) is 34.6. The largest absolute Gasteiger partial charge is 0.429 e. The van der Waals surface area contributed by atoms with Crippen LogP contribution < -0.4 is 10.6 Å². The monoisotopic (exact) mass is 664 g/mol. The zero-order valence-corrected chi connectivity index (χ0v) is 27.2. The molecule has 1 saturated heterocycles. The van der Waals surface area contributed by atoms with Crippen molar-refractivity contribution in [1.29, 1.82) is 0 Å². The molecule has 2 N–H and O–H groups in total. The van der Waals surface area contributed by atoms with Gasteiger partial charge in [-0.05, 0) is 75.7 Å². The minimum atomic E-state index is -4.57. The molecule has 6 nitrogen and oxygen atoms in total. The first-order valence-corrected chi connectivity index (χ1v) is 15.6. The lowest BCUT2D eigenvalue weighted by molar-refractivity contribution is -0.138. The van der Waals surface area contributed by atoms with Gasteiger partial charge in [0.25, 0.3) is 11.8 Å². The molecule has 1 aliphatic heterocycles. The number of ether oxygens (including phenoxy) is 1. The highest BCUT2D eigenvalue weighted by Gasteiger charge is 2.33. The van der Waals surface area contributed by atoms with Gasteiger partial charge in [0, 0.05) is 12.0 Å².